The van der Waals surface area contributed by atoms with Crippen molar-refractivity contribution in [3.8, 4) is 0 Å². The van der Waals surface area contributed by atoms with Gasteiger partial charge in [-0.05, 0) is 37.6 Å². The van der Waals surface area contributed by atoms with Crippen LogP contribution in [-0.4, -0.2) is 10.6 Å². The van der Waals surface area contributed by atoms with E-state index in [2.05, 4.69) is 84.4 Å². The van der Waals surface area contributed by atoms with E-state index in [9.17, 15) is 0 Å². The molecule has 104 valence electrons. The molecule has 0 unspecified atom stereocenters. The van der Waals surface area contributed by atoms with Crippen molar-refractivity contribution in [2.45, 2.75) is 19.9 Å². The Labute approximate surface area is 124 Å². The van der Waals surface area contributed by atoms with Crippen molar-refractivity contribution < 1.29 is 0 Å². The van der Waals surface area contributed by atoms with E-state index in [1.807, 2.05) is 0 Å². The molecule has 1 aromatic heterocycles. The van der Waals surface area contributed by atoms with Crippen LogP contribution < -0.4 is 5.32 Å². The molecule has 2 aromatic carbocycles. The first-order valence-corrected chi connectivity index (χ1v) is 7.39. The Kier molecular flexibility index (Phi) is 2.64. The van der Waals surface area contributed by atoms with Crippen molar-refractivity contribution in [2.24, 2.45) is 0 Å². The van der Waals surface area contributed by atoms with Crippen molar-refractivity contribution in [1.82, 2.24) is 9.88 Å². The van der Waals surface area contributed by atoms with Crippen molar-refractivity contribution in [3.05, 3.63) is 66.3 Å². The van der Waals surface area contributed by atoms with Crippen molar-refractivity contribution in [1.29, 1.82) is 0 Å². The first-order chi connectivity index (χ1) is 10.2. The van der Waals surface area contributed by atoms with Gasteiger partial charge < -0.3 is 5.32 Å². The highest BCUT2D eigenvalue weighted by molar-refractivity contribution is 6.09. The molecule has 0 aliphatic carbocycles. The van der Waals surface area contributed by atoms with Gasteiger partial charge >= 0.3 is 0 Å². The second-order valence-corrected chi connectivity index (χ2v) is 5.74. The molecule has 1 atom stereocenters. The zero-order chi connectivity index (χ0) is 14.4. The fourth-order valence-corrected chi connectivity index (χ4v) is 3.29. The monoisotopic (exact) mass is 274 g/mol. The van der Waals surface area contributed by atoms with Gasteiger partial charge in [-0.15, -0.1) is 0 Å². The standard InChI is InChI=1S/C19H18N2/c1-13-11-14(2)20-19(12-13)21-17-9-5-3-7-15(17)16-8-4-6-10-18(16)21/h3-12,14,20H,1-2H3/t14-/m1/s1. The molecule has 2 heterocycles. The smallest absolute Gasteiger partial charge is 0.111 e. The van der Waals surface area contributed by atoms with Crippen LogP contribution in [0.25, 0.3) is 27.6 Å². The lowest BCUT2D eigenvalue weighted by Crippen LogP contribution is -2.28. The summed E-state index contributed by atoms with van der Waals surface area (Å²) in [5.41, 5.74) is 3.80. The van der Waals surface area contributed by atoms with Gasteiger partial charge in [0.1, 0.15) is 5.82 Å². The first-order valence-electron chi connectivity index (χ1n) is 7.39. The van der Waals surface area contributed by atoms with Gasteiger partial charge in [0.05, 0.1) is 11.0 Å². The second-order valence-electron chi connectivity index (χ2n) is 5.74. The number of hydrogen-bond donors (Lipinski definition) is 1. The van der Waals surface area contributed by atoms with E-state index in [0.717, 1.165) is 5.82 Å². The molecule has 0 amide bonds. The molecule has 2 heteroatoms. The molecule has 0 saturated carbocycles. The van der Waals surface area contributed by atoms with Gasteiger partial charge in [-0.3, -0.25) is 4.57 Å². The van der Waals surface area contributed by atoms with Crippen LogP contribution in [0.3, 0.4) is 0 Å². The first kappa shape index (κ1) is 12.3. The maximum atomic E-state index is 3.58. The quantitative estimate of drug-likeness (QED) is 0.690. The number of dihydropyridines is 1. The normalized spacial score (nSPS) is 18.5. The van der Waals surface area contributed by atoms with Crippen LogP contribution in [0, 0.1) is 0 Å². The number of allylic oxidation sites excluding steroid dienone is 2. The van der Waals surface area contributed by atoms with Gasteiger partial charge in [-0.1, -0.05) is 42.5 Å². The highest BCUT2D eigenvalue weighted by atomic mass is 15.2. The van der Waals surface area contributed by atoms with Crippen LogP contribution in [0.4, 0.5) is 0 Å². The number of hydrogen-bond acceptors (Lipinski definition) is 1. The molecule has 0 saturated heterocycles. The molecule has 4 rings (SSSR count). The number of aromatic nitrogens is 1. The lowest BCUT2D eigenvalue weighted by Gasteiger charge is -2.22. The Bertz CT molecular complexity index is 843. The predicted molar refractivity (Wildman–Crippen MR) is 90.1 cm³/mol. The fourth-order valence-electron chi connectivity index (χ4n) is 3.29. The van der Waals surface area contributed by atoms with Crippen LogP contribution in [0.15, 0.2) is 66.3 Å². The number of nitrogens with zero attached hydrogens (tertiary/aromatic N) is 1. The molecule has 0 fully saturated rings. The van der Waals surface area contributed by atoms with Gasteiger partial charge in [-0.2, -0.15) is 0 Å². The number of rotatable bonds is 1. The maximum absolute atomic E-state index is 3.58. The lowest BCUT2D eigenvalue weighted by atomic mass is 10.1. The number of para-hydroxylation sites is 2. The van der Waals surface area contributed by atoms with E-state index in [4.69, 9.17) is 0 Å². The van der Waals surface area contributed by atoms with Crippen LogP contribution in [0.1, 0.15) is 13.8 Å². The summed E-state index contributed by atoms with van der Waals surface area (Å²) < 4.78 is 2.33. The number of nitrogens with one attached hydrogen (secondary N) is 1. The summed E-state index contributed by atoms with van der Waals surface area (Å²) in [6.07, 6.45) is 4.47. The molecular formula is C19H18N2. The third-order valence-electron chi connectivity index (χ3n) is 4.07. The Morgan fingerprint density at radius 2 is 1.48 bits per heavy atom. The molecule has 0 spiro atoms. The Balaban J connectivity index is 2.09. The zero-order valence-electron chi connectivity index (χ0n) is 12.3. The number of benzene rings is 2. The van der Waals surface area contributed by atoms with Crippen molar-refractivity contribution >= 4 is 27.6 Å². The molecule has 0 radical (unpaired) electrons. The fraction of sp³-hybridized carbons (Fsp3) is 0.158. The third-order valence-corrected chi connectivity index (χ3v) is 4.07. The second kappa shape index (κ2) is 4.52. The summed E-state index contributed by atoms with van der Waals surface area (Å²) >= 11 is 0. The Morgan fingerprint density at radius 1 is 0.905 bits per heavy atom. The average Bonchev–Trinajstić information content (AvgIpc) is 2.81. The van der Waals surface area contributed by atoms with Crippen LogP contribution in [-0.2, 0) is 0 Å². The van der Waals surface area contributed by atoms with Crippen molar-refractivity contribution in [3.63, 3.8) is 0 Å². The Morgan fingerprint density at radius 3 is 2.05 bits per heavy atom. The summed E-state index contributed by atoms with van der Waals surface area (Å²) in [5.74, 6) is 1.15. The maximum Gasteiger partial charge on any atom is 0.111 e. The minimum atomic E-state index is 0.352. The highest BCUT2D eigenvalue weighted by Gasteiger charge is 2.16. The summed E-state index contributed by atoms with van der Waals surface area (Å²) in [7, 11) is 0. The lowest BCUT2D eigenvalue weighted by molar-refractivity contribution is 0.743. The van der Waals surface area contributed by atoms with Gasteiger partial charge in [0.25, 0.3) is 0 Å². The Hall–Kier alpha value is -2.48. The summed E-state index contributed by atoms with van der Waals surface area (Å²) in [4.78, 5) is 0. The minimum absolute atomic E-state index is 0.352. The molecular weight excluding hydrogens is 256 g/mol. The van der Waals surface area contributed by atoms with E-state index in [1.54, 1.807) is 0 Å². The summed E-state index contributed by atoms with van der Waals surface area (Å²) in [6, 6.07) is 17.6. The molecule has 3 aromatic rings. The summed E-state index contributed by atoms with van der Waals surface area (Å²) in [5, 5.41) is 6.18. The van der Waals surface area contributed by atoms with E-state index in [1.165, 1.54) is 27.4 Å². The van der Waals surface area contributed by atoms with Crippen LogP contribution in [0.2, 0.25) is 0 Å². The molecule has 1 aliphatic rings. The van der Waals surface area contributed by atoms with E-state index < -0.39 is 0 Å². The van der Waals surface area contributed by atoms with Crippen LogP contribution >= 0.6 is 0 Å². The molecule has 2 nitrogen and oxygen atoms in total. The highest BCUT2D eigenvalue weighted by Crippen LogP contribution is 2.31. The molecule has 1 aliphatic heterocycles. The van der Waals surface area contributed by atoms with Gasteiger partial charge in [0, 0.05) is 16.8 Å². The van der Waals surface area contributed by atoms with Gasteiger partial charge in [0.2, 0.25) is 0 Å². The molecule has 21 heavy (non-hydrogen) atoms. The largest absolute Gasteiger partial charge is 0.365 e. The minimum Gasteiger partial charge on any atom is -0.365 e. The predicted octanol–water partition coefficient (Wildman–Crippen LogP) is 4.53. The van der Waals surface area contributed by atoms with Gasteiger partial charge in [0.15, 0.2) is 0 Å². The zero-order valence-corrected chi connectivity index (χ0v) is 12.3. The van der Waals surface area contributed by atoms with E-state index in [0.29, 0.717) is 6.04 Å². The van der Waals surface area contributed by atoms with E-state index in [-0.39, 0.29) is 0 Å². The SMILES string of the molecule is CC1=C[C@@H](C)NC(n2c3ccccc3c3ccccc32)=C1. The summed E-state index contributed by atoms with van der Waals surface area (Å²) in [6.45, 7) is 4.34. The van der Waals surface area contributed by atoms with Crippen LogP contribution in [0.5, 0.6) is 0 Å². The molecule has 1 N–H and O–H groups in total. The van der Waals surface area contributed by atoms with Crippen molar-refractivity contribution in [2.75, 3.05) is 0 Å². The third kappa shape index (κ3) is 1.87. The van der Waals surface area contributed by atoms with E-state index >= 15 is 0 Å². The number of fused-ring (bicyclic) bond motifs is 3. The topological polar surface area (TPSA) is 17.0 Å². The average molecular weight is 274 g/mol. The molecule has 0 bridgehead atoms. The van der Waals surface area contributed by atoms with Gasteiger partial charge in [-0.25, -0.2) is 0 Å².